The second-order valence-electron chi connectivity index (χ2n) is 6.19. The fourth-order valence-electron chi connectivity index (χ4n) is 2.54. The SMILES string of the molecule is C#C/C=C\C=C/CC[C@H]1COC(=O)N1C(C)=O.CC.CCCOCc1ccccc1. The summed E-state index contributed by atoms with van der Waals surface area (Å²) < 4.78 is 10.2. The van der Waals surface area contributed by atoms with Gasteiger partial charge in [-0.05, 0) is 30.9 Å². The smallest absolute Gasteiger partial charge is 0.416 e. The van der Waals surface area contributed by atoms with Crippen molar-refractivity contribution in [3.63, 3.8) is 0 Å². The van der Waals surface area contributed by atoms with E-state index in [4.69, 9.17) is 15.9 Å². The van der Waals surface area contributed by atoms with Gasteiger partial charge in [0.1, 0.15) is 6.61 Å². The van der Waals surface area contributed by atoms with E-state index in [0.717, 1.165) is 26.1 Å². The third-order valence-corrected chi connectivity index (χ3v) is 3.87. The minimum Gasteiger partial charge on any atom is -0.447 e. The fourth-order valence-corrected chi connectivity index (χ4v) is 2.54. The van der Waals surface area contributed by atoms with E-state index in [1.807, 2.05) is 44.2 Å². The number of hydrogen-bond donors (Lipinski definition) is 0. The van der Waals surface area contributed by atoms with E-state index < -0.39 is 6.09 Å². The molecule has 1 heterocycles. The average Bonchev–Trinajstić information content (AvgIpc) is 3.14. The molecule has 0 N–H and O–H groups in total. The van der Waals surface area contributed by atoms with Crippen LogP contribution in [0.2, 0.25) is 0 Å². The molecule has 0 aromatic heterocycles. The van der Waals surface area contributed by atoms with E-state index in [0.29, 0.717) is 6.42 Å². The minimum atomic E-state index is -0.543. The quantitative estimate of drug-likeness (QED) is 0.320. The summed E-state index contributed by atoms with van der Waals surface area (Å²) in [7, 11) is 0. The number of ether oxygens (including phenoxy) is 2. The second kappa shape index (κ2) is 18.2. The highest BCUT2D eigenvalue weighted by Crippen LogP contribution is 2.17. The lowest BCUT2D eigenvalue weighted by atomic mass is 10.1. The molecule has 1 aromatic carbocycles. The van der Waals surface area contributed by atoms with Crippen LogP contribution in [-0.2, 0) is 20.9 Å². The van der Waals surface area contributed by atoms with Gasteiger partial charge in [-0.25, -0.2) is 9.69 Å². The maximum Gasteiger partial charge on any atom is 0.416 e. The predicted molar refractivity (Wildman–Crippen MR) is 122 cm³/mol. The van der Waals surface area contributed by atoms with Crippen molar-refractivity contribution < 1.29 is 19.1 Å². The highest BCUT2D eigenvalue weighted by atomic mass is 16.6. The summed E-state index contributed by atoms with van der Waals surface area (Å²) in [6.45, 7) is 9.37. The van der Waals surface area contributed by atoms with E-state index in [9.17, 15) is 9.59 Å². The molecule has 1 fully saturated rings. The lowest BCUT2D eigenvalue weighted by Gasteiger charge is -2.16. The van der Waals surface area contributed by atoms with Gasteiger partial charge >= 0.3 is 6.09 Å². The van der Waals surface area contributed by atoms with Gasteiger partial charge in [-0.2, -0.15) is 0 Å². The van der Waals surface area contributed by atoms with Gasteiger partial charge in [0.2, 0.25) is 5.91 Å². The minimum absolute atomic E-state index is 0.152. The largest absolute Gasteiger partial charge is 0.447 e. The number of cyclic esters (lactones) is 1. The van der Waals surface area contributed by atoms with Gasteiger partial charge < -0.3 is 9.47 Å². The summed E-state index contributed by atoms with van der Waals surface area (Å²) in [5.41, 5.74) is 1.25. The van der Waals surface area contributed by atoms with Crippen LogP contribution in [-0.4, -0.2) is 36.2 Å². The first-order chi connectivity index (χ1) is 14.6. The van der Waals surface area contributed by atoms with Gasteiger partial charge in [-0.3, -0.25) is 4.79 Å². The molecule has 0 saturated carbocycles. The molecule has 0 aliphatic carbocycles. The van der Waals surface area contributed by atoms with Gasteiger partial charge in [0, 0.05) is 13.5 Å². The number of nitrogens with zero attached hydrogens (tertiary/aromatic N) is 1. The summed E-state index contributed by atoms with van der Waals surface area (Å²) in [6, 6.07) is 10.1. The molecule has 1 aromatic rings. The van der Waals surface area contributed by atoms with E-state index >= 15 is 0 Å². The molecule has 0 unspecified atom stereocenters. The van der Waals surface area contributed by atoms with Crippen molar-refractivity contribution in [3.8, 4) is 12.3 Å². The Bertz CT molecular complexity index is 689. The summed E-state index contributed by atoms with van der Waals surface area (Å²) in [6.07, 6.45) is 14.2. The molecule has 1 aliphatic heterocycles. The first kappa shape index (κ1) is 27.2. The Hall–Kier alpha value is -2.84. The van der Waals surface area contributed by atoms with Crippen molar-refractivity contribution >= 4 is 12.0 Å². The number of benzene rings is 1. The number of carbonyl (C=O) groups excluding carboxylic acids is 2. The van der Waals surface area contributed by atoms with Crippen molar-refractivity contribution in [1.82, 2.24) is 4.90 Å². The van der Waals surface area contributed by atoms with Crippen LogP contribution in [0, 0.1) is 12.3 Å². The lowest BCUT2D eigenvalue weighted by molar-refractivity contribution is -0.126. The average molecular weight is 414 g/mol. The zero-order valence-corrected chi connectivity index (χ0v) is 18.7. The number of hydrogen-bond acceptors (Lipinski definition) is 4. The Balaban J connectivity index is 0.000000557. The molecule has 5 heteroatoms. The molecule has 2 rings (SSSR count). The Morgan fingerprint density at radius 1 is 1.30 bits per heavy atom. The molecule has 2 amide bonds. The second-order valence-corrected chi connectivity index (χ2v) is 6.19. The van der Waals surface area contributed by atoms with Crippen LogP contribution in [0.1, 0.15) is 52.5 Å². The van der Waals surface area contributed by atoms with E-state index in [1.54, 1.807) is 12.2 Å². The number of rotatable bonds is 8. The van der Waals surface area contributed by atoms with Gasteiger partial charge in [-0.1, -0.05) is 75.3 Å². The van der Waals surface area contributed by atoms with Crippen LogP contribution < -0.4 is 0 Å². The third kappa shape index (κ3) is 11.9. The molecule has 0 radical (unpaired) electrons. The monoisotopic (exact) mass is 413 g/mol. The van der Waals surface area contributed by atoms with Crippen LogP contribution in [0.15, 0.2) is 54.6 Å². The molecular weight excluding hydrogens is 378 g/mol. The molecule has 30 heavy (non-hydrogen) atoms. The molecule has 5 nitrogen and oxygen atoms in total. The third-order valence-electron chi connectivity index (χ3n) is 3.87. The zero-order valence-electron chi connectivity index (χ0n) is 18.7. The summed E-state index contributed by atoms with van der Waals surface area (Å²) >= 11 is 0. The molecule has 1 atom stereocenters. The fraction of sp³-hybridized carbons (Fsp3) is 0.440. The number of carbonyl (C=O) groups is 2. The van der Waals surface area contributed by atoms with Gasteiger partial charge in [0.15, 0.2) is 0 Å². The Morgan fingerprint density at radius 2 is 2.00 bits per heavy atom. The zero-order chi connectivity index (χ0) is 22.6. The highest BCUT2D eigenvalue weighted by Gasteiger charge is 2.35. The summed E-state index contributed by atoms with van der Waals surface area (Å²) in [5.74, 6) is 2.11. The number of allylic oxidation sites excluding steroid dienone is 4. The van der Waals surface area contributed by atoms with Crippen LogP contribution in [0.3, 0.4) is 0 Å². The maximum atomic E-state index is 11.2. The Kier molecular flexibility index (Phi) is 16.5. The topological polar surface area (TPSA) is 55.8 Å². The van der Waals surface area contributed by atoms with E-state index in [-0.39, 0.29) is 18.6 Å². The summed E-state index contributed by atoms with van der Waals surface area (Å²) in [4.78, 5) is 23.6. The van der Waals surface area contributed by atoms with Crippen LogP contribution >= 0.6 is 0 Å². The van der Waals surface area contributed by atoms with Gasteiger partial charge in [-0.15, -0.1) is 6.42 Å². The van der Waals surface area contributed by atoms with Crippen LogP contribution in [0.25, 0.3) is 0 Å². The van der Waals surface area contributed by atoms with Crippen LogP contribution in [0.5, 0.6) is 0 Å². The lowest BCUT2D eigenvalue weighted by Crippen LogP contribution is -2.37. The van der Waals surface area contributed by atoms with Crippen molar-refractivity contribution in [1.29, 1.82) is 0 Å². The number of imide groups is 1. The molecule has 0 spiro atoms. The summed E-state index contributed by atoms with van der Waals surface area (Å²) in [5, 5.41) is 0. The van der Waals surface area contributed by atoms with Gasteiger partial charge in [0.25, 0.3) is 0 Å². The standard InChI is InChI=1S/C13H15NO3.C10H14O.C2H6/c1-3-4-5-6-7-8-9-12-10-17-13(16)14(12)11(2)15;1-2-8-11-9-10-6-4-3-5-7-10;1-2/h1,4-7,12H,8-10H2,2H3;3-7H,2,8-9H2,1H3;1-2H3/b5-4-,7-6-;;/t12-;;/m0../s1. The van der Waals surface area contributed by atoms with Crippen LogP contribution in [0.4, 0.5) is 4.79 Å². The van der Waals surface area contributed by atoms with Gasteiger partial charge in [0.05, 0.1) is 12.6 Å². The maximum absolute atomic E-state index is 11.2. The Labute approximate surface area is 181 Å². The molecule has 1 aliphatic rings. The van der Waals surface area contributed by atoms with Crippen molar-refractivity contribution in [2.45, 2.75) is 59.6 Å². The predicted octanol–water partition coefficient (Wildman–Crippen LogP) is 5.52. The first-order valence-electron chi connectivity index (χ1n) is 10.5. The number of terminal acetylenes is 1. The molecular formula is C25H35NO4. The first-order valence-corrected chi connectivity index (χ1v) is 10.5. The molecule has 0 bridgehead atoms. The van der Waals surface area contributed by atoms with E-state index in [2.05, 4.69) is 25.0 Å². The van der Waals surface area contributed by atoms with Crippen molar-refractivity contribution in [3.05, 3.63) is 60.2 Å². The van der Waals surface area contributed by atoms with Crippen molar-refractivity contribution in [2.75, 3.05) is 13.2 Å². The normalized spacial score (nSPS) is 15.1. The molecule has 1 saturated heterocycles. The van der Waals surface area contributed by atoms with E-state index in [1.165, 1.54) is 17.4 Å². The molecule has 164 valence electrons. The highest BCUT2D eigenvalue weighted by molar-refractivity contribution is 5.92. The number of amides is 2. The van der Waals surface area contributed by atoms with Crippen molar-refractivity contribution in [2.24, 2.45) is 0 Å². The Morgan fingerprint density at radius 3 is 2.60 bits per heavy atom.